The zero-order valence-corrected chi connectivity index (χ0v) is 15.7. The third-order valence-corrected chi connectivity index (χ3v) is 4.58. The number of hydrogen-bond donors (Lipinski definition) is 1. The fourth-order valence-corrected chi connectivity index (χ4v) is 3.19. The molecule has 1 aromatic heterocycles. The molecule has 0 fully saturated rings. The van der Waals surface area contributed by atoms with Gasteiger partial charge < -0.3 is 9.84 Å². The highest BCUT2D eigenvalue weighted by atomic mass is 16.6. The van der Waals surface area contributed by atoms with Gasteiger partial charge in [-0.25, -0.2) is 4.79 Å². The molecule has 0 radical (unpaired) electrons. The minimum atomic E-state index is -0.477. The lowest BCUT2D eigenvalue weighted by Gasteiger charge is -2.23. The van der Waals surface area contributed by atoms with Crippen molar-refractivity contribution in [1.82, 2.24) is 4.98 Å². The molecule has 1 amide bonds. The molecule has 0 atom stereocenters. The number of phenolic OH excluding ortho intramolecular Hbond substituents is 1. The summed E-state index contributed by atoms with van der Waals surface area (Å²) in [5, 5.41) is 10.7. The molecule has 3 aromatic carbocycles. The molecule has 0 spiro atoms. The van der Waals surface area contributed by atoms with E-state index in [1.807, 2.05) is 66.7 Å². The molecule has 29 heavy (non-hydrogen) atoms. The van der Waals surface area contributed by atoms with Crippen LogP contribution < -0.4 is 4.90 Å². The van der Waals surface area contributed by atoms with Crippen molar-refractivity contribution in [3.63, 3.8) is 0 Å². The molecule has 0 saturated heterocycles. The number of carbonyl (C=O) groups excluding carboxylic acids is 1. The summed E-state index contributed by atoms with van der Waals surface area (Å²) in [6.45, 7) is 0.423. The number of hydrogen-bond acceptors (Lipinski definition) is 4. The number of nitrogens with zero attached hydrogens (tertiary/aromatic N) is 2. The summed E-state index contributed by atoms with van der Waals surface area (Å²) < 4.78 is 5.59. The Bertz CT molecular complexity index is 1120. The first-order valence-electron chi connectivity index (χ1n) is 9.30. The van der Waals surface area contributed by atoms with Crippen LogP contribution in [0.1, 0.15) is 11.1 Å². The number of rotatable bonds is 5. The zero-order chi connectivity index (χ0) is 20.1. The predicted molar refractivity (Wildman–Crippen MR) is 113 cm³/mol. The minimum Gasteiger partial charge on any atom is -0.508 e. The van der Waals surface area contributed by atoms with Gasteiger partial charge in [-0.15, -0.1) is 0 Å². The molecule has 0 unspecified atom stereocenters. The number of phenols is 1. The van der Waals surface area contributed by atoms with Crippen LogP contribution in [0.4, 0.5) is 10.5 Å². The average molecular weight is 384 g/mol. The third kappa shape index (κ3) is 4.35. The van der Waals surface area contributed by atoms with Crippen molar-refractivity contribution >= 4 is 22.7 Å². The predicted octanol–water partition coefficient (Wildman–Crippen LogP) is 5.28. The molecule has 5 heteroatoms. The largest absolute Gasteiger partial charge is 0.508 e. The van der Waals surface area contributed by atoms with Gasteiger partial charge in [0.15, 0.2) is 0 Å². The van der Waals surface area contributed by atoms with Crippen LogP contribution in [0, 0.1) is 0 Å². The van der Waals surface area contributed by atoms with Crippen LogP contribution in [-0.2, 0) is 17.9 Å². The topological polar surface area (TPSA) is 62.7 Å². The number of pyridine rings is 1. The minimum absolute atomic E-state index is 0.149. The van der Waals surface area contributed by atoms with Crippen LogP contribution >= 0.6 is 0 Å². The van der Waals surface area contributed by atoms with Gasteiger partial charge in [-0.05, 0) is 35.4 Å². The van der Waals surface area contributed by atoms with Gasteiger partial charge in [0.25, 0.3) is 0 Å². The van der Waals surface area contributed by atoms with E-state index in [1.165, 1.54) is 0 Å². The Hall–Kier alpha value is -3.86. The zero-order valence-electron chi connectivity index (χ0n) is 15.7. The number of ether oxygens (including phenoxy) is 1. The standard InChI is InChI=1S/C24H20N2O3/c27-21-12-4-9-19(15-21)16-26(24(28)29-17-18-7-2-1-3-8-18)22-13-5-10-20-11-6-14-25-23(20)22/h1-15,27H,16-17H2. The van der Waals surface area contributed by atoms with E-state index in [2.05, 4.69) is 4.98 Å². The normalized spacial score (nSPS) is 10.6. The van der Waals surface area contributed by atoms with E-state index in [-0.39, 0.29) is 18.9 Å². The Morgan fingerprint density at radius 2 is 1.66 bits per heavy atom. The Morgan fingerprint density at radius 1 is 0.897 bits per heavy atom. The molecule has 0 saturated carbocycles. The molecule has 0 aliphatic carbocycles. The summed E-state index contributed by atoms with van der Waals surface area (Å²) in [5.74, 6) is 0.149. The Morgan fingerprint density at radius 3 is 2.48 bits per heavy atom. The summed E-state index contributed by atoms with van der Waals surface area (Å²) in [7, 11) is 0. The number of para-hydroxylation sites is 1. The fourth-order valence-electron chi connectivity index (χ4n) is 3.19. The maximum absolute atomic E-state index is 13.1. The molecule has 0 bridgehead atoms. The summed E-state index contributed by atoms with van der Waals surface area (Å²) in [4.78, 5) is 19.1. The van der Waals surface area contributed by atoms with Gasteiger partial charge >= 0.3 is 6.09 Å². The average Bonchev–Trinajstić information content (AvgIpc) is 2.76. The highest BCUT2D eigenvalue weighted by Gasteiger charge is 2.21. The number of amides is 1. The summed E-state index contributed by atoms with van der Waals surface area (Å²) in [6.07, 6.45) is 1.23. The lowest BCUT2D eigenvalue weighted by atomic mass is 10.1. The quantitative estimate of drug-likeness (QED) is 0.508. The lowest BCUT2D eigenvalue weighted by molar-refractivity contribution is 0.146. The second-order valence-electron chi connectivity index (χ2n) is 6.65. The van der Waals surface area contributed by atoms with E-state index < -0.39 is 6.09 Å². The molecule has 4 rings (SSSR count). The molecule has 4 aromatic rings. The maximum Gasteiger partial charge on any atom is 0.415 e. The third-order valence-electron chi connectivity index (χ3n) is 4.58. The van der Waals surface area contributed by atoms with Gasteiger partial charge in [0.05, 0.1) is 17.7 Å². The summed E-state index contributed by atoms with van der Waals surface area (Å²) in [5.41, 5.74) is 3.07. The Labute approximate surface area is 168 Å². The van der Waals surface area contributed by atoms with Crippen LogP contribution in [0.3, 0.4) is 0 Å². The smallest absolute Gasteiger partial charge is 0.415 e. The van der Waals surface area contributed by atoms with Crippen LogP contribution in [0.2, 0.25) is 0 Å². The Kier molecular flexibility index (Phi) is 5.38. The second-order valence-corrected chi connectivity index (χ2v) is 6.65. The SMILES string of the molecule is O=C(OCc1ccccc1)N(Cc1cccc(O)c1)c1cccc2cccnc12. The van der Waals surface area contributed by atoms with Crippen LogP contribution in [0.15, 0.2) is 91.1 Å². The molecule has 0 aliphatic rings. The van der Waals surface area contributed by atoms with E-state index in [1.54, 1.807) is 29.3 Å². The first-order valence-corrected chi connectivity index (χ1v) is 9.30. The van der Waals surface area contributed by atoms with E-state index in [9.17, 15) is 9.90 Å². The molecule has 5 nitrogen and oxygen atoms in total. The number of anilines is 1. The van der Waals surface area contributed by atoms with Crippen LogP contribution in [0.5, 0.6) is 5.75 Å². The van der Waals surface area contributed by atoms with Gasteiger partial charge in [-0.2, -0.15) is 0 Å². The second kappa shape index (κ2) is 8.44. The Balaban J connectivity index is 1.67. The molecule has 0 aliphatic heterocycles. The molecule has 144 valence electrons. The summed E-state index contributed by atoms with van der Waals surface area (Å²) >= 11 is 0. The molecular formula is C24H20N2O3. The number of aromatic hydroxyl groups is 1. The van der Waals surface area contributed by atoms with Crippen molar-refractivity contribution in [1.29, 1.82) is 0 Å². The van der Waals surface area contributed by atoms with Gasteiger partial charge in [0, 0.05) is 11.6 Å². The van der Waals surface area contributed by atoms with Crippen molar-refractivity contribution in [3.8, 4) is 5.75 Å². The highest BCUT2D eigenvalue weighted by Crippen LogP contribution is 2.27. The van der Waals surface area contributed by atoms with Gasteiger partial charge in [0.1, 0.15) is 12.4 Å². The molecular weight excluding hydrogens is 364 g/mol. The highest BCUT2D eigenvalue weighted by molar-refractivity contribution is 5.99. The van der Waals surface area contributed by atoms with E-state index in [0.29, 0.717) is 11.2 Å². The van der Waals surface area contributed by atoms with Gasteiger partial charge in [-0.3, -0.25) is 9.88 Å². The van der Waals surface area contributed by atoms with Crippen molar-refractivity contribution in [2.24, 2.45) is 0 Å². The van der Waals surface area contributed by atoms with E-state index >= 15 is 0 Å². The summed E-state index contributed by atoms with van der Waals surface area (Å²) in [6, 6.07) is 25.9. The monoisotopic (exact) mass is 384 g/mol. The number of benzene rings is 3. The number of fused-ring (bicyclic) bond motifs is 1. The van der Waals surface area contributed by atoms with Crippen LogP contribution in [0.25, 0.3) is 10.9 Å². The molecule has 1 N–H and O–H groups in total. The van der Waals surface area contributed by atoms with Crippen molar-refractivity contribution in [2.45, 2.75) is 13.2 Å². The van der Waals surface area contributed by atoms with Gasteiger partial charge in [-0.1, -0.05) is 60.7 Å². The molecule has 1 heterocycles. The van der Waals surface area contributed by atoms with Crippen molar-refractivity contribution < 1.29 is 14.6 Å². The number of carbonyl (C=O) groups is 1. The van der Waals surface area contributed by atoms with Crippen molar-refractivity contribution in [2.75, 3.05) is 4.90 Å². The van der Waals surface area contributed by atoms with E-state index in [4.69, 9.17) is 4.74 Å². The first kappa shape index (κ1) is 18.5. The number of aromatic nitrogens is 1. The van der Waals surface area contributed by atoms with Crippen molar-refractivity contribution in [3.05, 3.63) is 102 Å². The van der Waals surface area contributed by atoms with Gasteiger partial charge in [0.2, 0.25) is 0 Å². The first-order chi connectivity index (χ1) is 14.2. The van der Waals surface area contributed by atoms with E-state index in [0.717, 1.165) is 16.5 Å². The van der Waals surface area contributed by atoms with Crippen LogP contribution in [-0.4, -0.2) is 16.2 Å². The maximum atomic E-state index is 13.1. The fraction of sp³-hybridized carbons (Fsp3) is 0.0833. The lowest BCUT2D eigenvalue weighted by Crippen LogP contribution is -2.31.